The van der Waals surface area contributed by atoms with Crippen LogP contribution in [0.1, 0.15) is 24.8 Å². The van der Waals surface area contributed by atoms with Crippen LogP contribution < -0.4 is 5.32 Å². The highest BCUT2D eigenvalue weighted by Gasteiger charge is 2.48. The van der Waals surface area contributed by atoms with Crippen LogP contribution in [0.4, 0.5) is 13.2 Å². The number of aromatic amines is 1. The average Bonchev–Trinajstić information content (AvgIpc) is 3.32. The highest BCUT2D eigenvalue weighted by Crippen LogP contribution is 2.43. The van der Waals surface area contributed by atoms with Crippen LogP contribution in [0.5, 0.6) is 0 Å². The number of fused-ring (bicyclic) bond motifs is 2. The maximum Gasteiger partial charge on any atom is 0.416 e. The third kappa shape index (κ3) is 4.23. The van der Waals surface area contributed by atoms with Crippen molar-refractivity contribution in [2.75, 3.05) is 13.1 Å². The Kier molecular flexibility index (Phi) is 5.46. The molecule has 5 aromatic rings. The summed E-state index contributed by atoms with van der Waals surface area (Å²) in [6.07, 6.45) is 0.000508. The lowest BCUT2D eigenvalue weighted by Crippen LogP contribution is -2.39. The Balaban J connectivity index is 1.32. The van der Waals surface area contributed by atoms with Gasteiger partial charge in [-0.3, -0.25) is 4.79 Å². The number of aromatic nitrogens is 3. The highest BCUT2D eigenvalue weighted by molar-refractivity contribution is 5.90. The lowest BCUT2D eigenvalue weighted by molar-refractivity contribution is -0.137. The summed E-state index contributed by atoms with van der Waals surface area (Å²) >= 11 is 0. The minimum atomic E-state index is -4.46. The van der Waals surface area contributed by atoms with E-state index in [2.05, 4.69) is 22.4 Å². The summed E-state index contributed by atoms with van der Waals surface area (Å²) < 4.78 is 42.5. The molecule has 1 aliphatic heterocycles. The summed E-state index contributed by atoms with van der Waals surface area (Å²) in [5, 5.41) is 4.48. The third-order valence-electron chi connectivity index (χ3n) is 8.28. The Morgan fingerprint density at radius 2 is 1.74 bits per heavy atom. The monoisotopic (exact) mass is 528 g/mol. The zero-order valence-electron chi connectivity index (χ0n) is 21.2. The Bertz CT molecular complexity index is 1700. The normalized spacial score (nSPS) is 19.8. The highest BCUT2D eigenvalue weighted by atomic mass is 19.4. The molecule has 3 aromatic carbocycles. The first-order valence-corrected chi connectivity index (χ1v) is 13.3. The van der Waals surface area contributed by atoms with Crippen molar-refractivity contribution in [1.82, 2.24) is 19.9 Å². The van der Waals surface area contributed by atoms with Crippen LogP contribution in [0.15, 0.2) is 72.9 Å². The van der Waals surface area contributed by atoms with E-state index in [4.69, 9.17) is 4.98 Å². The SMILES string of the molecule is O=C(C1CC1)[C@@]1(Cn2c(-c3ccc(-c4ccc5[nH]ccc5c4)cc3)nc3cc(C(F)(F)F)ccc32)CCNC1. The van der Waals surface area contributed by atoms with Gasteiger partial charge < -0.3 is 14.9 Å². The first-order chi connectivity index (χ1) is 18.8. The first kappa shape index (κ1) is 24.2. The van der Waals surface area contributed by atoms with Gasteiger partial charge in [0.1, 0.15) is 11.6 Å². The Hall–Kier alpha value is -3.91. The number of alkyl halides is 3. The summed E-state index contributed by atoms with van der Waals surface area (Å²) in [4.78, 5) is 21.4. The standard InChI is InChI=1S/C31H27F3N4O/c32-31(33,34)24-8-10-27-26(16-24)37-29(38(27)18-30(12-14-35-17-30)28(39)20-3-4-20)21-5-1-19(2-6-21)22-7-9-25-23(15-22)11-13-36-25/h1-2,5-11,13,15-16,20,35-36H,3-4,12,14,17-18H2/t30-/m0/s1. The summed E-state index contributed by atoms with van der Waals surface area (Å²) in [7, 11) is 0. The van der Waals surface area contributed by atoms with Gasteiger partial charge in [0, 0.05) is 36.3 Å². The number of carbonyl (C=O) groups excluding carboxylic acids is 1. The molecule has 39 heavy (non-hydrogen) atoms. The molecular formula is C31H27F3N4O. The van der Waals surface area contributed by atoms with E-state index < -0.39 is 17.2 Å². The van der Waals surface area contributed by atoms with Crippen LogP contribution in [-0.4, -0.2) is 33.4 Å². The minimum absolute atomic E-state index is 0.0941. The van der Waals surface area contributed by atoms with Gasteiger partial charge in [0.25, 0.3) is 0 Å². The number of rotatable bonds is 6. The zero-order valence-corrected chi connectivity index (χ0v) is 21.2. The van der Waals surface area contributed by atoms with Crippen molar-refractivity contribution in [3.05, 3.63) is 78.5 Å². The summed E-state index contributed by atoms with van der Waals surface area (Å²) in [6, 6.07) is 19.9. The van der Waals surface area contributed by atoms with Crippen LogP contribution in [0.3, 0.4) is 0 Å². The number of Topliss-reactive ketones (excluding diaryl/α,β-unsaturated/α-hetero) is 1. The number of ketones is 1. The van der Waals surface area contributed by atoms with E-state index in [-0.39, 0.29) is 17.2 Å². The number of nitrogens with zero attached hydrogens (tertiary/aromatic N) is 2. The van der Waals surface area contributed by atoms with Gasteiger partial charge in [-0.05, 0) is 78.7 Å². The second-order valence-corrected chi connectivity index (χ2v) is 10.9. The van der Waals surface area contributed by atoms with Gasteiger partial charge in [-0.1, -0.05) is 30.3 Å². The van der Waals surface area contributed by atoms with E-state index in [1.807, 2.05) is 47.2 Å². The summed E-state index contributed by atoms with van der Waals surface area (Å²) in [6.45, 7) is 1.71. The topological polar surface area (TPSA) is 62.7 Å². The molecular weight excluding hydrogens is 501 g/mol. The molecule has 0 unspecified atom stereocenters. The van der Waals surface area contributed by atoms with Crippen LogP contribution in [0, 0.1) is 11.3 Å². The molecule has 1 atom stereocenters. The summed E-state index contributed by atoms with van der Waals surface area (Å²) in [5.41, 5.74) is 3.54. The van der Waals surface area contributed by atoms with Crippen LogP contribution >= 0.6 is 0 Å². The Morgan fingerprint density at radius 3 is 2.46 bits per heavy atom. The van der Waals surface area contributed by atoms with E-state index in [0.717, 1.165) is 59.1 Å². The molecule has 1 saturated heterocycles. The molecule has 2 fully saturated rings. The van der Waals surface area contributed by atoms with Crippen molar-refractivity contribution in [2.24, 2.45) is 11.3 Å². The molecule has 0 spiro atoms. The average molecular weight is 529 g/mol. The van der Waals surface area contributed by atoms with Crippen LogP contribution in [0.25, 0.3) is 44.5 Å². The lowest BCUT2D eigenvalue weighted by Gasteiger charge is -2.28. The fraction of sp³-hybridized carbons (Fsp3) is 0.290. The first-order valence-electron chi connectivity index (χ1n) is 13.3. The van der Waals surface area contributed by atoms with E-state index in [1.54, 1.807) is 0 Å². The lowest BCUT2D eigenvalue weighted by atomic mass is 9.80. The molecule has 8 heteroatoms. The van der Waals surface area contributed by atoms with Crippen molar-refractivity contribution >= 4 is 27.7 Å². The molecule has 0 amide bonds. The molecule has 2 aliphatic rings. The number of carbonyl (C=O) groups is 1. The smallest absolute Gasteiger partial charge is 0.361 e. The predicted octanol–water partition coefficient (Wildman–Crippen LogP) is 6.83. The fourth-order valence-corrected chi connectivity index (χ4v) is 5.98. The van der Waals surface area contributed by atoms with Crippen molar-refractivity contribution in [2.45, 2.75) is 32.0 Å². The zero-order chi connectivity index (χ0) is 26.8. The van der Waals surface area contributed by atoms with Crippen molar-refractivity contribution in [1.29, 1.82) is 0 Å². The molecule has 0 radical (unpaired) electrons. The maximum atomic E-state index is 13.5. The van der Waals surface area contributed by atoms with Gasteiger partial charge in [-0.2, -0.15) is 13.2 Å². The van der Waals surface area contributed by atoms with E-state index in [0.29, 0.717) is 30.9 Å². The van der Waals surface area contributed by atoms with Gasteiger partial charge in [0.15, 0.2) is 0 Å². The molecule has 198 valence electrons. The van der Waals surface area contributed by atoms with E-state index >= 15 is 0 Å². The molecule has 0 bridgehead atoms. The molecule has 5 nitrogen and oxygen atoms in total. The van der Waals surface area contributed by atoms with Gasteiger partial charge in [-0.15, -0.1) is 0 Å². The molecule has 2 aromatic heterocycles. The largest absolute Gasteiger partial charge is 0.416 e. The Labute approximate surface area is 223 Å². The maximum absolute atomic E-state index is 13.5. The van der Waals surface area contributed by atoms with Gasteiger partial charge >= 0.3 is 6.18 Å². The predicted molar refractivity (Wildman–Crippen MR) is 145 cm³/mol. The molecule has 2 N–H and O–H groups in total. The quantitative estimate of drug-likeness (QED) is 0.254. The summed E-state index contributed by atoms with van der Waals surface area (Å²) in [5.74, 6) is 0.936. The van der Waals surface area contributed by atoms with E-state index in [1.165, 1.54) is 6.07 Å². The molecule has 1 aliphatic carbocycles. The van der Waals surface area contributed by atoms with Crippen molar-refractivity contribution in [3.63, 3.8) is 0 Å². The number of imidazole rings is 1. The number of hydrogen-bond acceptors (Lipinski definition) is 3. The molecule has 7 rings (SSSR count). The van der Waals surface area contributed by atoms with Crippen LogP contribution in [0.2, 0.25) is 0 Å². The van der Waals surface area contributed by atoms with Crippen molar-refractivity contribution < 1.29 is 18.0 Å². The number of nitrogens with one attached hydrogen (secondary N) is 2. The minimum Gasteiger partial charge on any atom is -0.361 e. The number of halogens is 3. The molecule has 3 heterocycles. The Morgan fingerprint density at radius 1 is 0.974 bits per heavy atom. The van der Waals surface area contributed by atoms with Crippen molar-refractivity contribution in [3.8, 4) is 22.5 Å². The van der Waals surface area contributed by atoms with Gasteiger partial charge in [0.2, 0.25) is 0 Å². The van der Waals surface area contributed by atoms with E-state index in [9.17, 15) is 18.0 Å². The fourth-order valence-electron chi connectivity index (χ4n) is 5.98. The second kappa shape index (κ2) is 8.81. The number of benzene rings is 3. The third-order valence-corrected chi connectivity index (χ3v) is 8.28. The number of H-pyrrole nitrogens is 1. The van der Waals surface area contributed by atoms with Crippen LogP contribution in [-0.2, 0) is 17.5 Å². The second-order valence-electron chi connectivity index (χ2n) is 10.9. The molecule has 1 saturated carbocycles. The van der Waals surface area contributed by atoms with Gasteiger partial charge in [-0.25, -0.2) is 4.98 Å². The number of hydrogen-bond donors (Lipinski definition) is 2. The van der Waals surface area contributed by atoms with Gasteiger partial charge in [0.05, 0.1) is 22.0 Å².